The fourth-order valence-corrected chi connectivity index (χ4v) is 4.48. The molecule has 0 bridgehead atoms. The predicted octanol–water partition coefficient (Wildman–Crippen LogP) is 7.58. The summed E-state index contributed by atoms with van der Waals surface area (Å²) in [6.45, 7) is 2.15. The number of aryl methyl sites for hydroxylation is 1. The summed E-state index contributed by atoms with van der Waals surface area (Å²) in [5, 5.41) is 7.71. The lowest BCUT2D eigenvalue weighted by Gasteiger charge is -2.12. The van der Waals surface area contributed by atoms with Crippen molar-refractivity contribution in [2.24, 2.45) is 0 Å². The molecule has 0 spiro atoms. The van der Waals surface area contributed by atoms with Gasteiger partial charge in [-0.25, -0.2) is 4.98 Å². The molecule has 6 rings (SSSR count). The summed E-state index contributed by atoms with van der Waals surface area (Å²) in [5.74, 6) is 0. The Balaban J connectivity index is 1.62. The Morgan fingerprint density at radius 3 is 1.90 bits per heavy atom. The lowest BCUT2D eigenvalue weighted by atomic mass is 9.92. The molecule has 0 atom stereocenters. The summed E-state index contributed by atoms with van der Waals surface area (Å²) in [6.07, 6.45) is 1.80. The lowest BCUT2D eigenvalue weighted by molar-refractivity contribution is 1.25. The second-order valence-corrected chi connectivity index (χ2v) is 7.98. The maximum Gasteiger partial charge on any atom is 0.0893 e. The van der Waals surface area contributed by atoms with Gasteiger partial charge < -0.3 is 0 Å². The molecule has 6 aromatic rings. The number of pyridine rings is 2. The van der Waals surface area contributed by atoms with Gasteiger partial charge in [0.25, 0.3) is 0 Å². The summed E-state index contributed by atoms with van der Waals surface area (Å²) in [5.41, 5.74) is 5.12. The van der Waals surface area contributed by atoms with E-state index in [1.165, 1.54) is 37.9 Å². The first-order valence-electron chi connectivity index (χ1n) is 10.5. The Morgan fingerprint density at radius 1 is 0.484 bits per heavy atom. The highest BCUT2D eigenvalue weighted by Gasteiger charge is 2.11. The highest BCUT2D eigenvalue weighted by atomic mass is 14.8. The zero-order valence-corrected chi connectivity index (χ0v) is 17.2. The second kappa shape index (κ2) is 7.03. The van der Waals surface area contributed by atoms with E-state index in [1.807, 2.05) is 24.3 Å². The van der Waals surface area contributed by atoms with Crippen molar-refractivity contribution in [3.63, 3.8) is 0 Å². The molecule has 4 aromatic carbocycles. The lowest BCUT2D eigenvalue weighted by Crippen LogP contribution is -1.90. The van der Waals surface area contributed by atoms with Gasteiger partial charge in [-0.2, -0.15) is 0 Å². The van der Waals surface area contributed by atoms with Gasteiger partial charge in [-0.3, -0.25) is 4.98 Å². The van der Waals surface area contributed by atoms with Gasteiger partial charge in [0.15, 0.2) is 0 Å². The van der Waals surface area contributed by atoms with Gasteiger partial charge in [0, 0.05) is 11.8 Å². The molecule has 0 N–H and O–H groups in total. The molecule has 2 aromatic heterocycles. The third kappa shape index (κ3) is 2.96. The molecule has 0 aliphatic rings. The van der Waals surface area contributed by atoms with E-state index in [0.717, 1.165) is 22.6 Å². The normalized spacial score (nSPS) is 11.4. The molecule has 146 valence electrons. The predicted molar refractivity (Wildman–Crippen MR) is 130 cm³/mol. The summed E-state index contributed by atoms with van der Waals surface area (Å²) < 4.78 is 0. The van der Waals surface area contributed by atoms with Crippen LogP contribution in [0.5, 0.6) is 0 Å². The third-order valence-corrected chi connectivity index (χ3v) is 5.96. The Kier molecular flexibility index (Phi) is 4.03. The number of aromatic nitrogens is 2. The van der Waals surface area contributed by atoms with Crippen molar-refractivity contribution in [2.45, 2.75) is 6.92 Å². The summed E-state index contributed by atoms with van der Waals surface area (Å²) in [7, 11) is 0. The van der Waals surface area contributed by atoms with E-state index in [1.54, 1.807) is 6.20 Å². The minimum Gasteiger partial charge on any atom is -0.255 e. The SMILES string of the molecule is Cc1ccc2c3ccc(-c4cccc(-c5ccccn5)n4)cc3c3ccccc3c2c1. The molecule has 2 heteroatoms. The first kappa shape index (κ1) is 17.8. The molecule has 2 nitrogen and oxygen atoms in total. The Labute approximate surface area is 180 Å². The fraction of sp³-hybridized carbons (Fsp3) is 0.0345. The molecule has 0 saturated carbocycles. The first-order valence-corrected chi connectivity index (χ1v) is 10.5. The van der Waals surface area contributed by atoms with Crippen molar-refractivity contribution < 1.29 is 0 Å². The van der Waals surface area contributed by atoms with Crippen LogP contribution < -0.4 is 0 Å². The first-order chi connectivity index (χ1) is 15.3. The summed E-state index contributed by atoms with van der Waals surface area (Å²) in [4.78, 5) is 9.36. The maximum absolute atomic E-state index is 4.91. The minimum atomic E-state index is 0.886. The van der Waals surface area contributed by atoms with Crippen molar-refractivity contribution in [1.82, 2.24) is 9.97 Å². The molecule has 0 saturated heterocycles. The van der Waals surface area contributed by atoms with Gasteiger partial charge in [0.1, 0.15) is 0 Å². The molecule has 0 amide bonds. The Hall–Kier alpha value is -4.04. The van der Waals surface area contributed by atoms with Gasteiger partial charge in [-0.15, -0.1) is 0 Å². The molecule has 2 heterocycles. The van der Waals surface area contributed by atoms with Crippen LogP contribution in [-0.4, -0.2) is 9.97 Å². The molecular formula is C29H20N2. The van der Waals surface area contributed by atoms with Gasteiger partial charge in [0.05, 0.1) is 17.1 Å². The zero-order valence-electron chi connectivity index (χ0n) is 17.2. The Morgan fingerprint density at radius 2 is 1.13 bits per heavy atom. The van der Waals surface area contributed by atoms with Crippen LogP contribution in [0.3, 0.4) is 0 Å². The number of hydrogen-bond donors (Lipinski definition) is 0. The highest BCUT2D eigenvalue weighted by molar-refractivity contribution is 6.25. The van der Waals surface area contributed by atoms with E-state index in [-0.39, 0.29) is 0 Å². The quantitative estimate of drug-likeness (QED) is 0.282. The van der Waals surface area contributed by atoms with E-state index in [0.29, 0.717) is 0 Å². The number of rotatable bonds is 2. The number of hydrogen-bond acceptors (Lipinski definition) is 2. The van der Waals surface area contributed by atoms with Crippen LogP contribution in [0.4, 0.5) is 0 Å². The standard InChI is InChI=1S/C29H20N2/c1-19-12-14-23-24-15-13-20(18-26(24)22-8-3-2-7-21(22)25(23)17-19)27-10-6-11-29(31-27)28-9-4-5-16-30-28/h2-18H,1H3. The second-order valence-electron chi connectivity index (χ2n) is 7.98. The number of benzene rings is 4. The third-order valence-electron chi connectivity index (χ3n) is 5.96. The number of nitrogens with zero attached hydrogens (tertiary/aromatic N) is 2. The summed E-state index contributed by atoms with van der Waals surface area (Å²) in [6, 6.07) is 34.2. The molecule has 0 radical (unpaired) electrons. The van der Waals surface area contributed by atoms with Crippen LogP contribution in [0.25, 0.3) is 55.0 Å². The van der Waals surface area contributed by atoms with E-state index < -0.39 is 0 Å². The van der Waals surface area contributed by atoms with Crippen LogP contribution in [-0.2, 0) is 0 Å². The highest BCUT2D eigenvalue weighted by Crippen LogP contribution is 2.37. The van der Waals surface area contributed by atoms with Crippen LogP contribution in [0.1, 0.15) is 5.56 Å². The maximum atomic E-state index is 4.91. The minimum absolute atomic E-state index is 0.886. The molecule has 0 aliphatic heterocycles. The molecule has 0 unspecified atom stereocenters. The van der Waals surface area contributed by atoms with Crippen molar-refractivity contribution in [3.05, 3.63) is 109 Å². The van der Waals surface area contributed by atoms with E-state index in [4.69, 9.17) is 4.98 Å². The van der Waals surface area contributed by atoms with E-state index in [2.05, 4.69) is 84.7 Å². The molecule has 0 aliphatic carbocycles. The van der Waals surface area contributed by atoms with Gasteiger partial charge >= 0.3 is 0 Å². The smallest absolute Gasteiger partial charge is 0.0893 e. The fourth-order valence-electron chi connectivity index (χ4n) is 4.48. The summed E-state index contributed by atoms with van der Waals surface area (Å²) >= 11 is 0. The topological polar surface area (TPSA) is 25.8 Å². The average molecular weight is 396 g/mol. The van der Waals surface area contributed by atoms with Crippen molar-refractivity contribution >= 4 is 32.3 Å². The Bertz CT molecular complexity index is 1560. The van der Waals surface area contributed by atoms with E-state index >= 15 is 0 Å². The monoisotopic (exact) mass is 396 g/mol. The van der Waals surface area contributed by atoms with Crippen LogP contribution in [0, 0.1) is 6.92 Å². The van der Waals surface area contributed by atoms with Crippen molar-refractivity contribution in [1.29, 1.82) is 0 Å². The van der Waals surface area contributed by atoms with Crippen LogP contribution >= 0.6 is 0 Å². The van der Waals surface area contributed by atoms with Gasteiger partial charge in [-0.1, -0.05) is 72.3 Å². The zero-order chi connectivity index (χ0) is 20.8. The van der Waals surface area contributed by atoms with Gasteiger partial charge in [-0.05, 0) is 69.6 Å². The van der Waals surface area contributed by atoms with E-state index in [9.17, 15) is 0 Å². The van der Waals surface area contributed by atoms with Crippen LogP contribution in [0.2, 0.25) is 0 Å². The van der Waals surface area contributed by atoms with Crippen LogP contribution in [0.15, 0.2) is 103 Å². The molecular weight excluding hydrogens is 376 g/mol. The molecule has 31 heavy (non-hydrogen) atoms. The molecule has 0 fully saturated rings. The van der Waals surface area contributed by atoms with Gasteiger partial charge in [0.2, 0.25) is 0 Å². The van der Waals surface area contributed by atoms with Crippen molar-refractivity contribution in [2.75, 3.05) is 0 Å². The largest absolute Gasteiger partial charge is 0.255 e. The average Bonchev–Trinajstić information content (AvgIpc) is 2.84. The van der Waals surface area contributed by atoms with Crippen molar-refractivity contribution in [3.8, 4) is 22.6 Å². The number of fused-ring (bicyclic) bond motifs is 6.